The first-order valence-corrected chi connectivity index (χ1v) is 11.0. The number of ether oxygens (including phenoxy) is 1. The molecular weight excluding hydrogens is 400 g/mol. The van der Waals surface area contributed by atoms with Crippen molar-refractivity contribution in [3.05, 3.63) is 89.3 Å². The first-order valence-electron chi connectivity index (χ1n) is 11.0. The summed E-state index contributed by atoms with van der Waals surface area (Å²) in [6, 6.07) is 21.1. The lowest BCUT2D eigenvalue weighted by molar-refractivity contribution is 0.102. The third-order valence-electron chi connectivity index (χ3n) is 5.26. The van der Waals surface area contributed by atoms with Crippen molar-refractivity contribution in [2.45, 2.75) is 39.5 Å². The van der Waals surface area contributed by atoms with Crippen LogP contribution in [0.2, 0.25) is 0 Å². The molecule has 0 bridgehead atoms. The van der Waals surface area contributed by atoms with Gasteiger partial charge >= 0.3 is 0 Å². The number of anilines is 1. The maximum atomic E-state index is 12.6. The lowest BCUT2D eigenvalue weighted by Crippen LogP contribution is -2.12. The summed E-state index contributed by atoms with van der Waals surface area (Å²) in [5, 5.41) is 2.94. The van der Waals surface area contributed by atoms with Crippen molar-refractivity contribution < 1.29 is 13.9 Å². The van der Waals surface area contributed by atoms with Crippen molar-refractivity contribution in [2.24, 2.45) is 0 Å². The van der Waals surface area contributed by atoms with E-state index in [-0.39, 0.29) is 5.91 Å². The number of rotatable bonds is 8. The van der Waals surface area contributed by atoms with E-state index in [1.165, 1.54) is 5.56 Å². The Balaban J connectivity index is 1.41. The van der Waals surface area contributed by atoms with Crippen LogP contribution >= 0.6 is 0 Å². The largest absolute Gasteiger partial charge is 0.494 e. The predicted molar refractivity (Wildman–Crippen MR) is 128 cm³/mol. The van der Waals surface area contributed by atoms with E-state index in [4.69, 9.17) is 9.15 Å². The van der Waals surface area contributed by atoms with Gasteiger partial charge in [0.1, 0.15) is 11.3 Å². The molecular formula is C27H28N2O3. The zero-order valence-corrected chi connectivity index (χ0v) is 18.7. The van der Waals surface area contributed by atoms with Crippen LogP contribution in [0.3, 0.4) is 0 Å². The van der Waals surface area contributed by atoms with Gasteiger partial charge < -0.3 is 14.5 Å². The Morgan fingerprint density at radius 3 is 2.62 bits per heavy atom. The van der Waals surface area contributed by atoms with Crippen LogP contribution in [0.25, 0.3) is 11.1 Å². The first kappa shape index (κ1) is 21.6. The van der Waals surface area contributed by atoms with Gasteiger partial charge in [-0.3, -0.25) is 4.79 Å². The summed E-state index contributed by atoms with van der Waals surface area (Å²) in [7, 11) is 0. The number of carbonyl (C=O) groups is 1. The van der Waals surface area contributed by atoms with Crippen molar-refractivity contribution in [3.63, 3.8) is 0 Å². The Bertz CT molecular complexity index is 1210. The van der Waals surface area contributed by atoms with Crippen LogP contribution in [0, 0.1) is 0 Å². The second-order valence-electron chi connectivity index (χ2n) is 8.19. The number of hydrogen-bond donors (Lipinski definition) is 1. The number of amides is 1. The molecule has 4 aromatic rings. The molecule has 0 atom stereocenters. The lowest BCUT2D eigenvalue weighted by Gasteiger charge is -2.08. The highest BCUT2D eigenvalue weighted by Gasteiger charge is 2.10. The zero-order chi connectivity index (χ0) is 22.5. The van der Waals surface area contributed by atoms with Gasteiger partial charge in [0.2, 0.25) is 0 Å². The van der Waals surface area contributed by atoms with Crippen LogP contribution in [0.15, 0.2) is 71.1 Å². The van der Waals surface area contributed by atoms with Crippen LogP contribution in [-0.2, 0) is 6.42 Å². The second-order valence-corrected chi connectivity index (χ2v) is 8.19. The Morgan fingerprint density at radius 1 is 1.06 bits per heavy atom. The van der Waals surface area contributed by atoms with Crippen LogP contribution in [0.5, 0.6) is 5.75 Å². The molecule has 0 radical (unpaired) electrons. The molecule has 0 saturated heterocycles. The number of benzene rings is 3. The standard InChI is InChI=1S/C27H28N2O3/c1-4-14-31-23-7-5-6-21(16-23)27(30)28-22-11-8-19(9-12-22)15-26-29-24-17-20(18(2)3)10-13-25(24)32-26/h5-13,16-18H,4,14-15H2,1-3H3,(H,28,30). The molecule has 1 amide bonds. The molecule has 1 aromatic heterocycles. The van der Waals surface area contributed by atoms with Gasteiger partial charge in [0.05, 0.1) is 6.61 Å². The van der Waals surface area contributed by atoms with Gasteiger partial charge in [-0.25, -0.2) is 4.98 Å². The number of nitrogens with one attached hydrogen (secondary N) is 1. The molecule has 5 nitrogen and oxygen atoms in total. The molecule has 0 aliphatic heterocycles. The summed E-state index contributed by atoms with van der Waals surface area (Å²) in [6.45, 7) is 7.01. The van der Waals surface area contributed by atoms with E-state index in [1.54, 1.807) is 12.1 Å². The van der Waals surface area contributed by atoms with Crippen molar-refractivity contribution in [1.82, 2.24) is 4.98 Å². The van der Waals surface area contributed by atoms with Gasteiger partial charge in [-0.2, -0.15) is 0 Å². The Hall–Kier alpha value is -3.60. The second kappa shape index (κ2) is 9.69. The number of aromatic nitrogens is 1. The fourth-order valence-corrected chi connectivity index (χ4v) is 3.46. The summed E-state index contributed by atoms with van der Waals surface area (Å²) >= 11 is 0. The molecule has 5 heteroatoms. The molecule has 0 aliphatic rings. The van der Waals surface area contributed by atoms with Crippen molar-refractivity contribution >= 4 is 22.7 Å². The maximum absolute atomic E-state index is 12.6. The highest BCUT2D eigenvalue weighted by molar-refractivity contribution is 6.04. The average Bonchev–Trinajstić information content (AvgIpc) is 3.20. The maximum Gasteiger partial charge on any atom is 0.255 e. The number of nitrogens with zero attached hydrogens (tertiary/aromatic N) is 1. The molecule has 4 rings (SSSR count). The molecule has 0 saturated carbocycles. The average molecular weight is 429 g/mol. The lowest BCUT2D eigenvalue weighted by atomic mass is 10.0. The fraction of sp³-hybridized carbons (Fsp3) is 0.259. The van der Waals surface area contributed by atoms with E-state index in [2.05, 4.69) is 36.3 Å². The third kappa shape index (κ3) is 5.17. The SMILES string of the molecule is CCCOc1cccc(C(=O)Nc2ccc(Cc3nc4cc(C(C)C)ccc4o3)cc2)c1. The molecule has 164 valence electrons. The normalized spacial score (nSPS) is 11.1. The minimum Gasteiger partial charge on any atom is -0.494 e. The highest BCUT2D eigenvalue weighted by Crippen LogP contribution is 2.23. The van der Waals surface area contributed by atoms with E-state index in [0.717, 1.165) is 28.8 Å². The van der Waals surface area contributed by atoms with Crippen LogP contribution < -0.4 is 10.1 Å². The van der Waals surface area contributed by atoms with E-state index in [9.17, 15) is 4.79 Å². The van der Waals surface area contributed by atoms with Crippen molar-refractivity contribution in [3.8, 4) is 5.75 Å². The number of oxazole rings is 1. The van der Waals surface area contributed by atoms with E-state index < -0.39 is 0 Å². The smallest absolute Gasteiger partial charge is 0.255 e. The Kier molecular flexibility index (Phi) is 6.55. The first-order chi connectivity index (χ1) is 15.5. The summed E-state index contributed by atoms with van der Waals surface area (Å²) in [5.74, 6) is 1.67. The van der Waals surface area contributed by atoms with E-state index in [1.807, 2.05) is 49.4 Å². The van der Waals surface area contributed by atoms with Gasteiger partial charge in [-0.15, -0.1) is 0 Å². The fourth-order valence-electron chi connectivity index (χ4n) is 3.46. The summed E-state index contributed by atoms with van der Waals surface area (Å²) < 4.78 is 11.5. The molecule has 3 aromatic carbocycles. The number of carbonyl (C=O) groups excluding carboxylic acids is 1. The number of hydrogen-bond acceptors (Lipinski definition) is 4. The topological polar surface area (TPSA) is 64.4 Å². The Labute approximate surface area is 188 Å². The van der Waals surface area contributed by atoms with Crippen LogP contribution in [0.4, 0.5) is 5.69 Å². The van der Waals surface area contributed by atoms with Gasteiger partial charge in [-0.1, -0.05) is 45.0 Å². The molecule has 0 unspecified atom stereocenters. The third-order valence-corrected chi connectivity index (χ3v) is 5.26. The molecule has 0 aliphatic carbocycles. The predicted octanol–water partition coefficient (Wildman–Crippen LogP) is 6.58. The van der Waals surface area contributed by atoms with Crippen molar-refractivity contribution in [2.75, 3.05) is 11.9 Å². The summed E-state index contributed by atoms with van der Waals surface area (Å²) in [6.07, 6.45) is 1.52. The zero-order valence-electron chi connectivity index (χ0n) is 18.7. The summed E-state index contributed by atoms with van der Waals surface area (Å²) in [4.78, 5) is 17.2. The van der Waals surface area contributed by atoms with Crippen LogP contribution in [0.1, 0.15) is 60.5 Å². The van der Waals surface area contributed by atoms with Gasteiger partial charge in [0.25, 0.3) is 5.91 Å². The quantitative estimate of drug-likeness (QED) is 0.344. The van der Waals surface area contributed by atoms with Gasteiger partial charge in [-0.05, 0) is 65.9 Å². The van der Waals surface area contributed by atoms with Gasteiger partial charge in [0.15, 0.2) is 11.5 Å². The van der Waals surface area contributed by atoms with Gasteiger partial charge in [0, 0.05) is 17.7 Å². The van der Waals surface area contributed by atoms with E-state index in [0.29, 0.717) is 36.1 Å². The minimum atomic E-state index is -0.167. The van der Waals surface area contributed by atoms with E-state index >= 15 is 0 Å². The highest BCUT2D eigenvalue weighted by atomic mass is 16.5. The molecule has 1 N–H and O–H groups in total. The van der Waals surface area contributed by atoms with Crippen LogP contribution in [-0.4, -0.2) is 17.5 Å². The Morgan fingerprint density at radius 2 is 1.88 bits per heavy atom. The molecule has 0 spiro atoms. The monoisotopic (exact) mass is 428 g/mol. The summed E-state index contributed by atoms with van der Waals surface area (Å²) in [5.41, 5.74) is 5.31. The minimum absolute atomic E-state index is 0.167. The van der Waals surface area contributed by atoms with Crippen molar-refractivity contribution in [1.29, 1.82) is 0 Å². The number of fused-ring (bicyclic) bond motifs is 1. The molecule has 32 heavy (non-hydrogen) atoms. The molecule has 1 heterocycles. The molecule has 0 fully saturated rings.